The van der Waals surface area contributed by atoms with Gasteiger partial charge in [0.25, 0.3) is 0 Å². The molecule has 2 amide bonds. The largest absolute Gasteiger partial charge is 0.412 e. The maximum Gasteiger partial charge on any atom is 0.334 e. The molecule has 0 aromatic heterocycles. The van der Waals surface area contributed by atoms with Crippen LogP contribution in [0.1, 0.15) is 5.56 Å². The van der Waals surface area contributed by atoms with E-state index in [4.69, 9.17) is 22.6 Å². The fraction of sp³-hybridized carbons (Fsp3) is 0.200. The smallest absolute Gasteiger partial charge is 0.334 e. The molecule has 5 N–H and O–H groups in total. The van der Waals surface area contributed by atoms with Gasteiger partial charge in [-0.2, -0.15) is 5.26 Å². The van der Waals surface area contributed by atoms with Crippen molar-refractivity contribution in [3.05, 3.63) is 28.8 Å². The van der Waals surface area contributed by atoms with Crippen LogP contribution < -0.4 is 11.1 Å². The number of urea groups is 1. The molecule has 0 saturated heterocycles. The Morgan fingerprint density at radius 2 is 2.29 bits per heavy atom. The summed E-state index contributed by atoms with van der Waals surface area (Å²) >= 11 is 5.92. The van der Waals surface area contributed by atoms with Crippen molar-refractivity contribution >= 4 is 23.3 Å². The van der Waals surface area contributed by atoms with Crippen molar-refractivity contribution in [2.24, 2.45) is 5.73 Å². The normalized spacial score (nSPS) is 8.82. The number of nitrogens with two attached hydrogens (primary N) is 1. The maximum absolute atomic E-state index is 11.3. The number of carbonyl (C=O) groups is 1. The third-order valence-corrected chi connectivity index (χ3v) is 2.33. The molecule has 1 aromatic carbocycles. The van der Waals surface area contributed by atoms with Crippen LogP contribution >= 0.6 is 11.6 Å². The summed E-state index contributed by atoms with van der Waals surface area (Å²) in [6.07, 6.45) is 1.69. The van der Waals surface area contributed by atoms with Crippen LogP contribution in [-0.2, 0) is 6.54 Å². The van der Waals surface area contributed by atoms with E-state index in [2.05, 4.69) is 5.32 Å². The van der Waals surface area contributed by atoms with Crippen molar-refractivity contribution in [2.75, 3.05) is 12.4 Å². The standard InChI is InChI=1S/C10H11ClN4O.H2O/c1-15(6-13)10(16)14-8-3-2-7(5-12)9(11)4-8;/h2-4H,5,12H2,1H3,(H,14,16);1H2. The minimum atomic E-state index is -0.515. The van der Waals surface area contributed by atoms with Crippen LogP contribution in [0.5, 0.6) is 0 Å². The number of anilines is 1. The molecule has 0 spiro atoms. The van der Waals surface area contributed by atoms with E-state index < -0.39 is 6.03 Å². The van der Waals surface area contributed by atoms with Gasteiger partial charge in [0.15, 0.2) is 6.19 Å². The van der Waals surface area contributed by atoms with Gasteiger partial charge in [0.1, 0.15) is 0 Å². The highest BCUT2D eigenvalue weighted by Crippen LogP contribution is 2.20. The number of nitrogens with one attached hydrogen (secondary N) is 1. The second kappa shape index (κ2) is 6.70. The molecular formula is C10H13ClN4O2. The van der Waals surface area contributed by atoms with Gasteiger partial charge in [-0.3, -0.25) is 0 Å². The van der Waals surface area contributed by atoms with Gasteiger partial charge in [-0.25, -0.2) is 9.69 Å². The first kappa shape index (κ1) is 15.2. The molecule has 0 bridgehead atoms. The van der Waals surface area contributed by atoms with Crippen molar-refractivity contribution in [2.45, 2.75) is 6.54 Å². The van der Waals surface area contributed by atoms with Crippen LogP contribution in [0.4, 0.5) is 10.5 Å². The molecule has 0 saturated carbocycles. The summed E-state index contributed by atoms with van der Waals surface area (Å²) in [5.74, 6) is 0. The third-order valence-electron chi connectivity index (χ3n) is 1.98. The molecule has 0 aliphatic rings. The number of nitrogens with zero attached hydrogens (tertiary/aromatic N) is 2. The van der Waals surface area contributed by atoms with Gasteiger partial charge in [0.05, 0.1) is 0 Å². The fourth-order valence-electron chi connectivity index (χ4n) is 1.04. The third kappa shape index (κ3) is 3.92. The lowest BCUT2D eigenvalue weighted by atomic mass is 10.2. The molecular weight excluding hydrogens is 244 g/mol. The molecule has 1 aromatic rings. The Hall–Kier alpha value is -1.81. The molecule has 0 aliphatic carbocycles. The summed E-state index contributed by atoms with van der Waals surface area (Å²) in [6, 6.07) is 4.48. The van der Waals surface area contributed by atoms with Crippen LogP contribution in [-0.4, -0.2) is 23.5 Å². The first-order valence-electron chi connectivity index (χ1n) is 4.51. The summed E-state index contributed by atoms with van der Waals surface area (Å²) in [4.78, 5) is 12.2. The number of benzene rings is 1. The molecule has 17 heavy (non-hydrogen) atoms. The van der Waals surface area contributed by atoms with Gasteiger partial charge in [-0.15, -0.1) is 0 Å². The highest BCUT2D eigenvalue weighted by atomic mass is 35.5. The number of hydrogen-bond donors (Lipinski definition) is 2. The zero-order chi connectivity index (χ0) is 12.1. The summed E-state index contributed by atoms with van der Waals surface area (Å²) in [7, 11) is 1.37. The quantitative estimate of drug-likeness (QED) is 0.606. The number of hydrogen-bond acceptors (Lipinski definition) is 3. The monoisotopic (exact) mass is 256 g/mol. The second-order valence-corrected chi connectivity index (χ2v) is 3.51. The summed E-state index contributed by atoms with van der Waals surface area (Å²) in [5.41, 5.74) is 6.77. The molecule has 92 valence electrons. The van der Waals surface area contributed by atoms with Crippen molar-refractivity contribution in [1.29, 1.82) is 5.26 Å². The highest BCUT2D eigenvalue weighted by molar-refractivity contribution is 6.31. The van der Waals surface area contributed by atoms with Crippen LogP contribution in [0.15, 0.2) is 18.2 Å². The van der Waals surface area contributed by atoms with E-state index in [0.717, 1.165) is 10.5 Å². The second-order valence-electron chi connectivity index (χ2n) is 3.10. The molecule has 1 rings (SSSR count). The number of rotatable bonds is 2. The minimum absolute atomic E-state index is 0. The van der Waals surface area contributed by atoms with E-state index in [9.17, 15) is 4.79 Å². The van der Waals surface area contributed by atoms with E-state index in [1.807, 2.05) is 0 Å². The van der Waals surface area contributed by atoms with Gasteiger partial charge in [0.2, 0.25) is 0 Å². The van der Waals surface area contributed by atoms with Crippen LogP contribution in [0, 0.1) is 11.5 Å². The summed E-state index contributed by atoms with van der Waals surface area (Å²) in [5, 5.41) is 11.5. The van der Waals surface area contributed by atoms with Gasteiger partial charge >= 0.3 is 6.03 Å². The van der Waals surface area contributed by atoms with Crippen LogP contribution in [0.25, 0.3) is 0 Å². The van der Waals surface area contributed by atoms with Gasteiger partial charge in [-0.1, -0.05) is 17.7 Å². The van der Waals surface area contributed by atoms with Gasteiger partial charge in [0, 0.05) is 24.3 Å². The molecule has 0 radical (unpaired) electrons. The van der Waals surface area contributed by atoms with E-state index in [0.29, 0.717) is 17.3 Å². The molecule has 0 aliphatic heterocycles. The Labute approximate surface area is 104 Å². The number of amides is 2. The Bertz CT molecular complexity index is 444. The predicted molar refractivity (Wildman–Crippen MR) is 65.4 cm³/mol. The van der Waals surface area contributed by atoms with Crippen molar-refractivity contribution in [1.82, 2.24) is 4.90 Å². The maximum atomic E-state index is 11.3. The molecule has 0 fully saturated rings. The SMILES string of the molecule is CN(C#N)C(=O)Nc1ccc(CN)c(Cl)c1.O. The van der Waals surface area contributed by atoms with Crippen LogP contribution in [0.2, 0.25) is 5.02 Å². The zero-order valence-corrected chi connectivity index (χ0v) is 9.95. The first-order chi connectivity index (χ1) is 7.58. The zero-order valence-electron chi connectivity index (χ0n) is 9.20. The molecule has 0 unspecified atom stereocenters. The lowest BCUT2D eigenvalue weighted by Gasteiger charge is -2.10. The lowest BCUT2D eigenvalue weighted by molar-refractivity contribution is 0.237. The molecule has 0 heterocycles. The summed E-state index contributed by atoms with van der Waals surface area (Å²) < 4.78 is 0. The first-order valence-corrected chi connectivity index (χ1v) is 4.89. The Morgan fingerprint density at radius 3 is 2.76 bits per heavy atom. The average molecular weight is 257 g/mol. The Balaban J connectivity index is 0.00000256. The fourth-order valence-corrected chi connectivity index (χ4v) is 1.30. The Kier molecular flexibility index (Phi) is 5.99. The molecule has 6 nitrogen and oxygen atoms in total. The van der Waals surface area contributed by atoms with E-state index in [1.165, 1.54) is 7.05 Å². The van der Waals surface area contributed by atoms with Crippen molar-refractivity contribution < 1.29 is 10.3 Å². The minimum Gasteiger partial charge on any atom is -0.412 e. The average Bonchev–Trinajstić information content (AvgIpc) is 2.28. The predicted octanol–water partition coefficient (Wildman–Crippen LogP) is 0.919. The number of nitriles is 1. The van der Waals surface area contributed by atoms with E-state index >= 15 is 0 Å². The Morgan fingerprint density at radius 1 is 1.65 bits per heavy atom. The number of carbonyl (C=O) groups excluding carboxylic acids is 1. The van der Waals surface area contributed by atoms with Gasteiger partial charge < -0.3 is 16.5 Å². The molecule has 0 atom stereocenters. The van der Waals surface area contributed by atoms with Gasteiger partial charge in [-0.05, 0) is 17.7 Å². The van der Waals surface area contributed by atoms with Crippen LogP contribution in [0.3, 0.4) is 0 Å². The van der Waals surface area contributed by atoms with E-state index in [-0.39, 0.29) is 5.48 Å². The number of halogens is 1. The van der Waals surface area contributed by atoms with Crippen molar-refractivity contribution in [3.63, 3.8) is 0 Å². The van der Waals surface area contributed by atoms with Crippen molar-refractivity contribution in [3.8, 4) is 6.19 Å². The topological polar surface area (TPSA) is 114 Å². The summed E-state index contributed by atoms with van der Waals surface area (Å²) in [6.45, 7) is 0.338. The highest BCUT2D eigenvalue weighted by Gasteiger charge is 2.08. The van der Waals surface area contributed by atoms with E-state index in [1.54, 1.807) is 24.4 Å². The molecule has 7 heteroatoms. The lowest BCUT2D eigenvalue weighted by Crippen LogP contribution is -2.26.